The molecule has 1 saturated carbocycles. The van der Waals surface area contributed by atoms with Gasteiger partial charge >= 0.3 is 0 Å². The van der Waals surface area contributed by atoms with E-state index in [1.807, 2.05) is 53.2 Å². The van der Waals surface area contributed by atoms with Gasteiger partial charge in [-0.25, -0.2) is 24.0 Å². The van der Waals surface area contributed by atoms with E-state index in [1.165, 1.54) is 6.33 Å². The molecule has 2 N–H and O–H groups in total. The van der Waals surface area contributed by atoms with E-state index in [0.717, 1.165) is 59.9 Å². The van der Waals surface area contributed by atoms with Gasteiger partial charge in [-0.2, -0.15) is 5.10 Å². The summed E-state index contributed by atoms with van der Waals surface area (Å²) >= 11 is 0. The van der Waals surface area contributed by atoms with Crippen LogP contribution in [0.4, 0.5) is 4.39 Å². The Hall–Kier alpha value is -3.71. The van der Waals surface area contributed by atoms with Gasteiger partial charge in [-0.3, -0.25) is 0 Å². The minimum Gasteiger partial charge on any atom is -0.330 e. The summed E-state index contributed by atoms with van der Waals surface area (Å²) in [5, 5.41) is 6.40. The second kappa shape index (κ2) is 8.57. The van der Waals surface area contributed by atoms with Crippen LogP contribution in [0.2, 0.25) is 0 Å². The molecule has 1 aliphatic rings. The third-order valence-corrected chi connectivity index (χ3v) is 6.99. The van der Waals surface area contributed by atoms with Gasteiger partial charge in [0.2, 0.25) is 0 Å². The Morgan fingerprint density at radius 2 is 1.76 bits per heavy atom. The van der Waals surface area contributed by atoms with Gasteiger partial charge in [0.1, 0.15) is 17.5 Å². The number of aromatic nitrogens is 5. The van der Waals surface area contributed by atoms with Crippen LogP contribution >= 0.6 is 0 Å². The first-order valence-electron chi connectivity index (χ1n) is 11.8. The molecule has 170 valence electrons. The molecule has 0 saturated heterocycles. The molecule has 7 heteroatoms. The van der Waals surface area contributed by atoms with E-state index < -0.39 is 0 Å². The van der Waals surface area contributed by atoms with E-state index in [4.69, 9.17) is 10.8 Å². The van der Waals surface area contributed by atoms with Crippen molar-refractivity contribution < 1.29 is 4.39 Å². The van der Waals surface area contributed by atoms with Gasteiger partial charge < -0.3 is 5.73 Å². The van der Waals surface area contributed by atoms with Crippen LogP contribution in [0.5, 0.6) is 0 Å². The molecule has 3 heterocycles. The topological polar surface area (TPSA) is 82.5 Å². The molecule has 5 aromatic rings. The zero-order valence-corrected chi connectivity index (χ0v) is 18.7. The van der Waals surface area contributed by atoms with Crippen molar-refractivity contribution in [1.29, 1.82) is 0 Å². The first-order chi connectivity index (χ1) is 16.7. The molecule has 3 aromatic heterocycles. The number of halogens is 1. The van der Waals surface area contributed by atoms with Crippen molar-refractivity contribution in [2.75, 3.05) is 6.54 Å². The van der Waals surface area contributed by atoms with Crippen molar-refractivity contribution in [3.8, 4) is 22.5 Å². The Morgan fingerprint density at radius 1 is 0.971 bits per heavy atom. The van der Waals surface area contributed by atoms with Gasteiger partial charge in [-0.15, -0.1) is 0 Å². The number of rotatable bonds is 4. The normalized spacial score (nSPS) is 18.5. The largest absolute Gasteiger partial charge is 0.330 e. The lowest BCUT2D eigenvalue weighted by Crippen LogP contribution is -2.24. The summed E-state index contributed by atoms with van der Waals surface area (Å²) in [6.07, 6.45) is 7.37. The van der Waals surface area contributed by atoms with Crippen LogP contribution in [-0.4, -0.2) is 31.3 Å². The van der Waals surface area contributed by atoms with Gasteiger partial charge in [-0.1, -0.05) is 42.5 Å². The van der Waals surface area contributed by atoms with E-state index >= 15 is 4.39 Å². The first-order valence-corrected chi connectivity index (χ1v) is 11.8. The van der Waals surface area contributed by atoms with E-state index in [0.29, 0.717) is 22.7 Å². The maximum Gasteiger partial charge on any atom is 0.162 e. The second-order valence-corrected chi connectivity index (χ2v) is 9.02. The summed E-state index contributed by atoms with van der Waals surface area (Å²) in [7, 11) is 0. The lowest BCUT2D eigenvalue weighted by atomic mass is 9.86. The molecule has 0 spiro atoms. The lowest BCUT2D eigenvalue weighted by molar-refractivity contribution is 0.269. The molecule has 0 unspecified atom stereocenters. The molecule has 6 rings (SSSR count). The average molecular weight is 453 g/mol. The molecule has 6 nitrogen and oxygen atoms in total. The summed E-state index contributed by atoms with van der Waals surface area (Å²) in [6, 6.07) is 17.5. The SMILES string of the molecule is NCC1CCC(n2nc(-c3ccc4ccc(-c5ccccc5)nc4c3F)c3cncnc32)CC1. The number of pyridine rings is 1. The van der Waals surface area contributed by atoms with E-state index in [1.54, 1.807) is 12.3 Å². The molecule has 1 aliphatic carbocycles. The Morgan fingerprint density at radius 3 is 2.56 bits per heavy atom. The van der Waals surface area contributed by atoms with Gasteiger partial charge in [0.15, 0.2) is 11.5 Å². The van der Waals surface area contributed by atoms with Crippen LogP contribution in [0.15, 0.2) is 67.1 Å². The molecular weight excluding hydrogens is 427 g/mol. The highest BCUT2D eigenvalue weighted by atomic mass is 19.1. The number of fused-ring (bicyclic) bond motifs is 2. The van der Waals surface area contributed by atoms with Crippen LogP contribution < -0.4 is 5.73 Å². The maximum absolute atomic E-state index is 16.0. The van der Waals surface area contributed by atoms with Gasteiger partial charge in [-0.05, 0) is 50.3 Å². The molecule has 0 amide bonds. The zero-order valence-electron chi connectivity index (χ0n) is 18.7. The molecule has 2 aromatic carbocycles. The fourth-order valence-electron chi connectivity index (χ4n) is 5.07. The molecule has 0 atom stereocenters. The summed E-state index contributed by atoms with van der Waals surface area (Å²) in [5.41, 5.74) is 9.61. The van der Waals surface area contributed by atoms with Gasteiger partial charge in [0.25, 0.3) is 0 Å². The van der Waals surface area contributed by atoms with Crippen molar-refractivity contribution >= 4 is 21.9 Å². The molecule has 0 radical (unpaired) electrons. The van der Waals surface area contributed by atoms with Gasteiger partial charge in [0, 0.05) is 22.7 Å². The van der Waals surface area contributed by atoms with Crippen molar-refractivity contribution in [2.24, 2.45) is 11.7 Å². The van der Waals surface area contributed by atoms with Crippen LogP contribution in [0, 0.1) is 11.7 Å². The van der Waals surface area contributed by atoms with Crippen molar-refractivity contribution in [1.82, 2.24) is 24.7 Å². The predicted molar refractivity (Wildman–Crippen MR) is 132 cm³/mol. The predicted octanol–water partition coefficient (Wildman–Crippen LogP) is 5.54. The number of nitrogens with zero attached hydrogens (tertiary/aromatic N) is 5. The van der Waals surface area contributed by atoms with E-state index in [2.05, 4.69) is 15.0 Å². The Balaban J connectivity index is 1.47. The highest BCUT2D eigenvalue weighted by molar-refractivity contribution is 5.94. The van der Waals surface area contributed by atoms with Crippen LogP contribution in [-0.2, 0) is 0 Å². The second-order valence-electron chi connectivity index (χ2n) is 9.02. The average Bonchev–Trinajstić information content (AvgIpc) is 3.29. The van der Waals surface area contributed by atoms with Crippen molar-refractivity contribution in [2.45, 2.75) is 31.7 Å². The minimum absolute atomic E-state index is 0.222. The summed E-state index contributed by atoms with van der Waals surface area (Å²) in [6.45, 7) is 0.722. The third-order valence-electron chi connectivity index (χ3n) is 6.99. The fourth-order valence-corrected chi connectivity index (χ4v) is 5.07. The smallest absolute Gasteiger partial charge is 0.162 e. The number of hydrogen-bond acceptors (Lipinski definition) is 5. The maximum atomic E-state index is 16.0. The standard InChI is InChI=1S/C27H25FN6/c28-24-21(12-8-19-9-13-23(32-25(19)24)18-4-2-1-3-5-18)26-22-15-30-16-31-27(22)34(33-26)20-10-6-17(14-29)7-11-20/h1-5,8-9,12-13,15-17,20H,6-7,10-11,14,29H2. The van der Waals surface area contributed by atoms with E-state index in [-0.39, 0.29) is 11.9 Å². The molecule has 34 heavy (non-hydrogen) atoms. The highest BCUT2D eigenvalue weighted by Gasteiger charge is 2.26. The molecule has 1 fully saturated rings. The monoisotopic (exact) mass is 452 g/mol. The Kier molecular flexibility index (Phi) is 5.26. The van der Waals surface area contributed by atoms with Crippen molar-refractivity contribution in [3.05, 3.63) is 72.9 Å². The molecular formula is C27H25FN6. The summed E-state index contributed by atoms with van der Waals surface area (Å²) < 4.78 is 17.9. The van der Waals surface area contributed by atoms with E-state index in [9.17, 15) is 0 Å². The minimum atomic E-state index is -0.377. The fraction of sp³-hybridized carbons (Fsp3) is 0.259. The third kappa shape index (κ3) is 3.53. The number of nitrogens with two attached hydrogens (primary N) is 1. The van der Waals surface area contributed by atoms with Crippen LogP contribution in [0.1, 0.15) is 31.7 Å². The number of benzene rings is 2. The van der Waals surface area contributed by atoms with Crippen molar-refractivity contribution in [3.63, 3.8) is 0 Å². The van der Waals surface area contributed by atoms with Gasteiger partial charge in [0.05, 0.1) is 17.1 Å². The first kappa shape index (κ1) is 20.9. The number of hydrogen-bond donors (Lipinski definition) is 1. The quantitative estimate of drug-likeness (QED) is 0.387. The highest BCUT2D eigenvalue weighted by Crippen LogP contribution is 2.37. The Labute approximate surface area is 196 Å². The molecule has 0 aliphatic heterocycles. The Bertz CT molecular complexity index is 1470. The van der Waals surface area contributed by atoms with Crippen LogP contribution in [0.25, 0.3) is 44.5 Å². The summed E-state index contributed by atoms with van der Waals surface area (Å²) in [4.78, 5) is 13.4. The lowest BCUT2D eigenvalue weighted by Gasteiger charge is -2.27. The summed E-state index contributed by atoms with van der Waals surface area (Å²) in [5.74, 6) is 0.188. The zero-order chi connectivity index (χ0) is 23.1. The van der Waals surface area contributed by atoms with Crippen LogP contribution in [0.3, 0.4) is 0 Å². The molecule has 0 bridgehead atoms.